The second-order valence-corrected chi connectivity index (χ2v) is 9.81. The van der Waals surface area contributed by atoms with Crippen molar-refractivity contribution in [3.8, 4) is 0 Å². The first-order valence-electron chi connectivity index (χ1n) is 13.0. The third-order valence-electron chi connectivity index (χ3n) is 7.44. The van der Waals surface area contributed by atoms with E-state index in [9.17, 15) is 0 Å². The minimum atomic E-state index is 0.587. The number of rotatable bonds is 10. The van der Waals surface area contributed by atoms with Crippen LogP contribution < -0.4 is 10.6 Å². The topological polar surface area (TPSA) is 30.5 Å². The van der Waals surface area contributed by atoms with Gasteiger partial charge in [0.15, 0.2) is 0 Å². The molecular weight excluding hydrogens is 416 g/mol. The molecule has 2 N–H and O–H groups in total. The molecule has 5 rings (SSSR count). The van der Waals surface area contributed by atoms with Crippen LogP contribution in [0.25, 0.3) is 0 Å². The monoisotopic (exact) mass is 454 g/mol. The Hall–Kier alpha value is -2.82. The fourth-order valence-electron chi connectivity index (χ4n) is 5.55. The van der Waals surface area contributed by atoms with E-state index in [1.165, 1.54) is 61.3 Å². The van der Waals surface area contributed by atoms with E-state index in [1.807, 2.05) is 0 Å². The molecule has 0 unspecified atom stereocenters. The van der Waals surface area contributed by atoms with Gasteiger partial charge in [0.1, 0.15) is 0 Å². The van der Waals surface area contributed by atoms with Gasteiger partial charge in [0.25, 0.3) is 0 Å². The van der Waals surface area contributed by atoms with Gasteiger partial charge >= 0.3 is 0 Å². The molecule has 0 radical (unpaired) electrons. The lowest BCUT2D eigenvalue weighted by Crippen LogP contribution is -2.35. The Labute approximate surface area is 205 Å². The van der Waals surface area contributed by atoms with Crippen molar-refractivity contribution in [1.82, 2.24) is 9.80 Å². The van der Waals surface area contributed by atoms with E-state index < -0.39 is 0 Å². The van der Waals surface area contributed by atoms with Crippen LogP contribution >= 0.6 is 0 Å². The fourth-order valence-corrected chi connectivity index (χ4v) is 5.55. The van der Waals surface area contributed by atoms with Gasteiger partial charge in [-0.1, -0.05) is 72.8 Å². The molecule has 2 aliphatic rings. The van der Waals surface area contributed by atoms with Crippen LogP contribution in [0.15, 0.2) is 84.9 Å². The Kier molecular flexibility index (Phi) is 7.79. The van der Waals surface area contributed by atoms with Crippen molar-refractivity contribution >= 4 is 11.4 Å². The zero-order valence-electron chi connectivity index (χ0n) is 20.2. The van der Waals surface area contributed by atoms with Crippen molar-refractivity contribution in [1.29, 1.82) is 0 Å². The number of nitrogens with zero attached hydrogens (tertiary/aromatic N) is 2. The molecule has 4 nitrogen and oxygen atoms in total. The van der Waals surface area contributed by atoms with Crippen LogP contribution in [0.5, 0.6) is 0 Å². The Morgan fingerprint density at radius 1 is 0.559 bits per heavy atom. The van der Waals surface area contributed by atoms with Crippen LogP contribution in [0.2, 0.25) is 0 Å². The summed E-state index contributed by atoms with van der Waals surface area (Å²) in [7, 11) is 0. The molecule has 0 saturated carbocycles. The first kappa shape index (κ1) is 22.9. The summed E-state index contributed by atoms with van der Waals surface area (Å²) in [5.74, 6) is 0. The van der Waals surface area contributed by atoms with Crippen LogP contribution in [0, 0.1) is 0 Å². The van der Waals surface area contributed by atoms with Crippen LogP contribution in [-0.4, -0.2) is 48.1 Å². The second kappa shape index (κ2) is 11.5. The first-order valence-corrected chi connectivity index (χ1v) is 13.0. The highest BCUT2D eigenvalue weighted by Gasteiger charge is 2.26. The number of nitrogens with one attached hydrogen (secondary N) is 2. The molecule has 0 amide bonds. The van der Waals surface area contributed by atoms with Gasteiger partial charge in [-0.25, -0.2) is 0 Å². The van der Waals surface area contributed by atoms with E-state index in [1.54, 1.807) is 0 Å². The lowest BCUT2D eigenvalue weighted by Gasteiger charge is -2.27. The summed E-state index contributed by atoms with van der Waals surface area (Å²) in [6, 6.07) is 31.6. The standard InChI is InChI=1S/C30H38N4/c1-3-11-25(12-4-1)23-33-19-9-15-27(33)21-31-29-17-7-8-18-30(29)32-22-28-16-10-20-34(28)24-26-13-5-2-6-14-26/h1-8,11-14,17-18,27-28,31-32H,9-10,15-16,19-24H2/t27-,28-/m0/s1. The van der Waals surface area contributed by atoms with E-state index in [0.717, 1.165) is 26.2 Å². The first-order chi connectivity index (χ1) is 16.8. The summed E-state index contributed by atoms with van der Waals surface area (Å²) >= 11 is 0. The highest BCUT2D eigenvalue weighted by Crippen LogP contribution is 2.26. The average Bonchev–Trinajstić information content (AvgIpc) is 3.52. The summed E-state index contributed by atoms with van der Waals surface area (Å²) < 4.78 is 0. The molecule has 0 bridgehead atoms. The third-order valence-corrected chi connectivity index (χ3v) is 7.44. The molecule has 0 spiro atoms. The summed E-state index contributed by atoms with van der Waals surface area (Å²) in [4.78, 5) is 5.27. The summed E-state index contributed by atoms with van der Waals surface area (Å²) in [6.45, 7) is 6.47. The fraction of sp³-hybridized carbons (Fsp3) is 0.400. The highest BCUT2D eigenvalue weighted by molar-refractivity contribution is 5.68. The van der Waals surface area contributed by atoms with Crippen LogP contribution in [0.3, 0.4) is 0 Å². The van der Waals surface area contributed by atoms with Gasteiger partial charge in [-0.3, -0.25) is 9.80 Å². The van der Waals surface area contributed by atoms with Gasteiger partial charge in [-0.05, 0) is 62.0 Å². The smallest absolute Gasteiger partial charge is 0.0576 e. The lowest BCUT2D eigenvalue weighted by molar-refractivity contribution is 0.254. The molecule has 2 saturated heterocycles. The van der Waals surface area contributed by atoms with E-state index in [-0.39, 0.29) is 0 Å². The number of para-hydroxylation sites is 2. The number of anilines is 2. The van der Waals surface area contributed by atoms with Crippen molar-refractivity contribution < 1.29 is 0 Å². The lowest BCUT2D eigenvalue weighted by atomic mass is 10.1. The van der Waals surface area contributed by atoms with Crippen LogP contribution in [0.1, 0.15) is 36.8 Å². The number of likely N-dealkylation sites (tertiary alicyclic amines) is 2. The maximum Gasteiger partial charge on any atom is 0.0576 e. The van der Waals surface area contributed by atoms with Crippen LogP contribution in [-0.2, 0) is 13.1 Å². The Morgan fingerprint density at radius 3 is 1.41 bits per heavy atom. The minimum Gasteiger partial charge on any atom is -0.382 e. The zero-order valence-corrected chi connectivity index (χ0v) is 20.2. The maximum absolute atomic E-state index is 3.78. The van der Waals surface area contributed by atoms with E-state index in [4.69, 9.17) is 0 Å². The summed E-state index contributed by atoms with van der Waals surface area (Å²) in [5.41, 5.74) is 5.27. The van der Waals surface area contributed by atoms with Gasteiger partial charge in [-0.15, -0.1) is 0 Å². The minimum absolute atomic E-state index is 0.587. The molecule has 4 heteroatoms. The number of hydrogen-bond donors (Lipinski definition) is 2. The Morgan fingerprint density at radius 2 is 0.971 bits per heavy atom. The normalized spacial score (nSPS) is 21.1. The summed E-state index contributed by atoms with van der Waals surface area (Å²) in [6.07, 6.45) is 5.12. The van der Waals surface area contributed by atoms with Gasteiger partial charge in [0, 0.05) is 38.3 Å². The van der Waals surface area contributed by atoms with E-state index in [2.05, 4.69) is 105 Å². The zero-order chi connectivity index (χ0) is 23.0. The predicted octanol–water partition coefficient (Wildman–Crippen LogP) is 5.84. The molecule has 34 heavy (non-hydrogen) atoms. The van der Waals surface area contributed by atoms with Crippen LogP contribution in [0.4, 0.5) is 11.4 Å². The van der Waals surface area contributed by atoms with Crippen molar-refractivity contribution in [2.45, 2.75) is 50.9 Å². The van der Waals surface area contributed by atoms with Gasteiger partial charge in [-0.2, -0.15) is 0 Å². The maximum atomic E-state index is 3.78. The van der Waals surface area contributed by atoms with E-state index in [0.29, 0.717) is 12.1 Å². The SMILES string of the molecule is c1ccc(CN2CCC[C@H]2CNc2ccccc2NC[C@@H]2CCCN2Cc2ccccc2)cc1. The molecule has 2 atom stereocenters. The van der Waals surface area contributed by atoms with E-state index >= 15 is 0 Å². The highest BCUT2D eigenvalue weighted by atomic mass is 15.2. The second-order valence-electron chi connectivity index (χ2n) is 9.81. The van der Waals surface area contributed by atoms with Crippen molar-refractivity contribution in [3.05, 3.63) is 96.1 Å². The average molecular weight is 455 g/mol. The molecule has 0 aliphatic carbocycles. The third kappa shape index (κ3) is 5.99. The van der Waals surface area contributed by atoms with Gasteiger partial charge in [0.05, 0.1) is 11.4 Å². The van der Waals surface area contributed by atoms with Gasteiger partial charge < -0.3 is 10.6 Å². The Bertz CT molecular complexity index is 924. The molecule has 3 aromatic rings. The number of benzene rings is 3. The summed E-state index contributed by atoms with van der Waals surface area (Å²) in [5, 5.41) is 7.56. The largest absolute Gasteiger partial charge is 0.382 e. The molecule has 178 valence electrons. The Balaban J connectivity index is 1.15. The number of hydrogen-bond acceptors (Lipinski definition) is 4. The molecule has 2 heterocycles. The van der Waals surface area contributed by atoms with Gasteiger partial charge in [0.2, 0.25) is 0 Å². The molecular formula is C30H38N4. The quantitative estimate of drug-likeness (QED) is 0.403. The molecule has 3 aromatic carbocycles. The van der Waals surface area contributed by atoms with Crippen molar-refractivity contribution in [2.24, 2.45) is 0 Å². The molecule has 0 aromatic heterocycles. The molecule has 2 aliphatic heterocycles. The molecule has 2 fully saturated rings. The van der Waals surface area contributed by atoms with Crippen molar-refractivity contribution in [2.75, 3.05) is 36.8 Å². The predicted molar refractivity (Wildman–Crippen MR) is 143 cm³/mol. The van der Waals surface area contributed by atoms with Crippen molar-refractivity contribution in [3.63, 3.8) is 0 Å².